The van der Waals surface area contributed by atoms with Crippen molar-refractivity contribution in [3.63, 3.8) is 0 Å². The molecule has 2 bridgehead atoms. The highest BCUT2D eigenvalue weighted by Crippen LogP contribution is 2.38. The normalized spacial score (nSPS) is 28.5. The first-order valence-electron chi connectivity index (χ1n) is 10.1. The Morgan fingerprint density at radius 2 is 0.913 bits per heavy atom. The molecule has 4 rings (SSSR count). The molecule has 0 aromatic heterocycles. The topological polar surface area (TPSA) is 0 Å². The molecule has 4 aliphatic rings. The lowest BCUT2D eigenvalue weighted by Crippen LogP contribution is -1.82. The van der Waals surface area contributed by atoms with Crippen LogP contribution in [0, 0.1) is 11.8 Å². The van der Waals surface area contributed by atoms with Gasteiger partial charge in [-0.05, 0) is 82.5 Å². The Kier molecular flexibility index (Phi) is 9.86. The van der Waals surface area contributed by atoms with E-state index in [4.69, 9.17) is 0 Å². The van der Waals surface area contributed by atoms with Crippen LogP contribution in [-0.2, 0) is 0 Å². The average Bonchev–Trinajstić information content (AvgIpc) is 3.12. The number of allylic oxidation sites excluding steroid dienone is 8. The van der Waals surface area contributed by atoms with Crippen LogP contribution < -0.4 is 0 Å². The van der Waals surface area contributed by atoms with E-state index in [1.807, 2.05) is 0 Å². The summed E-state index contributed by atoms with van der Waals surface area (Å²) in [7, 11) is 0. The third kappa shape index (κ3) is 8.98. The van der Waals surface area contributed by atoms with Crippen molar-refractivity contribution in [2.75, 3.05) is 0 Å². The van der Waals surface area contributed by atoms with Crippen LogP contribution in [0.3, 0.4) is 0 Å². The van der Waals surface area contributed by atoms with Gasteiger partial charge in [0.15, 0.2) is 0 Å². The Morgan fingerprint density at radius 1 is 0.478 bits per heavy atom. The quantitative estimate of drug-likeness (QED) is 0.405. The van der Waals surface area contributed by atoms with Crippen molar-refractivity contribution in [3.05, 3.63) is 48.6 Å². The van der Waals surface area contributed by atoms with E-state index in [1.54, 1.807) is 0 Å². The van der Waals surface area contributed by atoms with E-state index in [1.165, 1.54) is 83.5 Å². The molecule has 0 aromatic carbocycles. The average molecular weight is 313 g/mol. The summed E-state index contributed by atoms with van der Waals surface area (Å²) in [6.07, 6.45) is 36.2. The Bertz CT molecular complexity index is 360. The molecule has 2 unspecified atom stereocenters. The minimum Gasteiger partial charge on any atom is -0.0885 e. The number of hydrogen-bond donors (Lipinski definition) is 0. The highest BCUT2D eigenvalue weighted by Gasteiger charge is 2.25. The van der Waals surface area contributed by atoms with Crippen molar-refractivity contribution in [2.24, 2.45) is 11.8 Å². The Morgan fingerprint density at radius 3 is 1.30 bits per heavy atom. The Balaban J connectivity index is 0.000000125. The second kappa shape index (κ2) is 12.4. The molecule has 128 valence electrons. The van der Waals surface area contributed by atoms with Gasteiger partial charge in [-0.25, -0.2) is 0 Å². The molecule has 0 aromatic rings. The van der Waals surface area contributed by atoms with Gasteiger partial charge in [0.2, 0.25) is 0 Å². The van der Waals surface area contributed by atoms with Crippen molar-refractivity contribution >= 4 is 0 Å². The maximum absolute atomic E-state index is 2.38. The molecule has 0 spiro atoms. The van der Waals surface area contributed by atoms with E-state index in [-0.39, 0.29) is 0 Å². The fraction of sp³-hybridized carbons (Fsp3) is 0.652. The zero-order valence-corrected chi connectivity index (χ0v) is 15.0. The van der Waals surface area contributed by atoms with E-state index >= 15 is 0 Å². The van der Waals surface area contributed by atoms with Crippen molar-refractivity contribution < 1.29 is 0 Å². The summed E-state index contributed by atoms with van der Waals surface area (Å²) < 4.78 is 0. The summed E-state index contributed by atoms with van der Waals surface area (Å²) in [5.74, 6) is 1.98. The van der Waals surface area contributed by atoms with Gasteiger partial charge in [-0.2, -0.15) is 0 Å². The third-order valence-electron chi connectivity index (χ3n) is 5.20. The van der Waals surface area contributed by atoms with Crippen LogP contribution in [0.4, 0.5) is 0 Å². The second-order valence-corrected chi connectivity index (χ2v) is 7.32. The predicted octanol–water partition coefficient (Wildman–Crippen LogP) is 7.54. The summed E-state index contributed by atoms with van der Waals surface area (Å²) in [5, 5.41) is 0. The summed E-state index contributed by atoms with van der Waals surface area (Å²) in [6, 6.07) is 0. The van der Waals surface area contributed by atoms with Crippen molar-refractivity contribution in [2.45, 2.75) is 83.5 Å². The summed E-state index contributed by atoms with van der Waals surface area (Å²) in [5.41, 5.74) is 0. The van der Waals surface area contributed by atoms with Crippen LogP contribution in [0.2, 0.25) is 0 Å². The van der Waals surface area contributed by atoms with Gasteiger partial charge in [0.05, 0.1) is 0 Å². The smallest absolute Gasteiger partial charge is 0.0228 e. The summed E-state index contributed by atoms with van der Waals surface area (Å²) in [4.78, 5) is 0. The van der Waals surface area contributed by atoms with Gasteiger partial charge in [-0.1, -0.05) is 61.4 Å². The van der Waals surface area contributed by atoms with Gasteiger partial charge in [0.1, 0.15) is 0 Å². The number of rotatable bonds is 0. The first-order chi connectivity index (χ1) is 11.4. The molecule has 0 heterocycles. The minimum absolute atomic E-state index is 0.991. The van der Waals surface area contributed by atoms with Crippen LogP contribution in [0.5, 0.6) is 0 Å². The molecule has 0 amide bonds. The van der Waals surface area contributed by atoms with Crippen LogP contribution in [0.15, 0.2) is 48.6 Å². The molecule has 0 heteroatoms. The SMILES string of the molecule is C1=CC2CCC1C2.C1=CCCCCC=C1.C1=CCCCCCC1. The van der Waals surface area contributed by atoms with Gasteiger partial charge in [-0.15, -0.1) is 0 Å². The first-order valence-corrected chi connectivity index (χ1v) is 10.1. The summed E-state index contributed by atoms with van der Waals surface area (Å²) >= 11 is 0. The van der Waals surface area contributed by atoms with Gasteiger partial charge in [-0.3, -0.25) is 0 Å². The second-order valence-electron chi connectivity index (χ2n) is 7.32. The standard InChI is InChI=1S/C8H14.C8H12.C7H10/c2*1-2-4-6-8-7-5-3-1;1-2-7-4-3-6(1)5-7/h1-2H,3-8H2;1-4H,5-8H2;1-2,6-7H,3-5H2. The molecule has 0 nitrogen and oxygen atoms in total. The molecule has 23 heavy (non-hydrogen) atoms. The monoisotopic (exact) mass is 312 g/mol. The highest BCUT2D eigenvalue weighted by atomic mass is 14.3. The minimum atomic E-state index is 0.991. The van der Waals surface area contributed by atoms with Crippen molar-refractivity contribution in [1.29, 1.82) is 0 Å². The van der Waals surface area contributed by atoms with Crippen molar-refractivity contribution in [3.8, 4) is 0 Å². The molecule has 1 saturated carbocycles. The predicted molar refractivity (Wildman–Crippen MR) is 104 cm³/mol. The fourth-order valence-corrected chi connectivity index (χ4v) is 3.70. The zero-order valence-electron chi connectivity index (χ0n) is 15.0. The largest absolute Gasteiger partial charge is 0.0885 e. The van der Waals surface area contributed by atoms with Crippen molar-refractivity contribution in [1.82, 2.24) is 0 Å². The van der Waals surface area contributed by atoms with E-state index in [9.17, 15) is 0 Å². The Hall–Kier alpha value is -1.04. The van der Waals surface area contributed by atoms with Crippen LogP contribution in [0.25, 0.3) is 0 Å². The molecule has 2 atom stereocenters. The maximum Gasteiger partial charge on any atom is -0.0228 e. The molecular weight excluding hydrogens is 276 g/mol. The molecular formula is C23H36. The lowest BCUT2D eigenvalue weighted by molar-refractivity contribution is 0.638. The van der Waals surface area contributed by atoms with Gasteiger partial charge < -0.3 is 0 Å². The van der Waals surface area contributed by atoms with E-state index in [2.05, 4.69) is 48.6 Å². The molecule has 0 saturated heterocycles. The Labute approximate surface area is 144 Å². The fourth-order valence-electron chi connectivity index (χ4n) is 3.70. The zero-order chi connectivity index (χ0) is 16.0. The third-order valence-corrected chi connectivity index (χ3v) is 5.20. The lowest BCUT2D eigenvalue weighted by atomic mass is 10.1. The molecule has 0 N–H and O–H groups in total. The maximum atomic E-state index is 2.38. The number of fused-ring (bicyclic) bond motifs is 2. The summed E-state index contributed by atoms with van der Waals surface area (Å²) in [6.45, 7) is 0. The van der Waals surface area contributed by atoms with E-state index in [0.29, 0.717) is 0 Å². The van der Waals surface area contributed by atoms with Crippen LogP contribution in [-0.4, -0.2) is 0 Å². The van der Waals surface area contributed by atoms with Gasteiger partial charge in [0.25, 0.3) is 0 Å². The highest BCUT2D eigenvalue weighted by molar-refractivity contribution is 5.06. The number of hydrogen-bond acceptors (Lipinski definition) is 0. The molecule has 4 aliphatic carbocycles. The molecule has 0 aliphatic heterocycles. The van der Waals surface area contributed by atoms with Gasteiger partial charge in [0, 0.05) is 0 Å². The van der Waals surface area contributed by atoms with E-state index < -0.39 is 0 Å². The molecule has 0 radical (unpaired) electrons. The first kappa shape index (κ1) is 18.3. The van der Waals surface area contributed by atoms with Crippen LogP contribution >= 0.6 is 0 Å². The van der Waals surface area contributed by atoms with Crippen LogP contribution in [0.1, 0.15) is 83.5 Å². The molecule has 1 fully saturated rings. The lowest BCUT2D eigenvalue weighted by Gasteiger charge is -2.00. The van der Waals surface area contributed by atoms with Gasteiger partial charge >= 0.3 is 0 Å². The van der Waals surface area contributed by atoms with E-state index in [0.717, 1.165) is 11.8 Å².